The molecule has 1 saturated heterocycles. The molecule has 11 heteroatoms. The maximum Gasteiger partial charge on any atom is 0.274 e. The number of aryl methyl sites for hydroxylation is 2. The van der Waals surface area contributed by atoms with E-state index >= 15 is 0 Å². The Morgan fingerprint density at radius 1 is 0.974 bits per heavy atom. The van der Waals surface area contributed by atoms with Crippen molar-refractivity contribution >= 4 is 34.1 Å². The van der Waals surface area contributed by atoms with Crippen LogP contribution in [0.3, 0.4) is 0 Å². The average Bonchev–Trinajstić information content (AvgIpc) is 3.33. The lowest BCUT2D eigenvalue weighted by Crippen LogP contribution is -2.63. The highest BCUT2D eigenvalue weighted by molar-refractivity contribution is 5.99. The van der Waals surface area contributed by atoms with Gasteiger partial charge in [-0.2, -0.15) is 5.10 Å². The van der Waals surface area contributed by atoms with Crippen molar-refractivity contribution in [1.29, 1.82) is 0 Å². The molecule has 0 spiro atoms. The van der Waals surface area contributed by atoms with Crippen molar-refractivity contribution in [2.24, 2.45) is 0 Å². The molecule has 5 rings (SSSR count). The third-order valence-corrected chi connectivity index (χ3v) is 7.15. The summed E-state index contributed by atoms with van der Waals surface area (Å²) in [6.45, 7) is 5.27. The van der Waals surface area contributed by atoms with E-state index < -0.39 is 11.4 Å². The van der Waals surface area contributed by atoms with Gasteiger partial charge in [-0.3, -0.25) is 14.4 Å². The summed E-state index contributed by atoms with van der Waals surface area (Å²) in [4.78, 5) is 39.2. The number of piperidine rings is 1. The molecule has 2 aromatic carbocycles. The molecule has 1 fully saturated rings. The zero-order valence-corrected chi connectivity index (χ0v) is 22.1. The van der Waals surface area contributed by atoms with Crippen LogP contribution >= 0.6 is 0 Å². The topological polar surface area (TPSA) is 142 Å². The van der Waals surface area contributed by atoms with E-state index in [2.05, 4.69) is 36.6 Å². The first-order valence-electron chi connectivity index (χ1n) is 13.1. The Labute approximate surface area is 225 Å². The molecule has 0 saturated carbocycles. The van der Waals surface area contributed by atoms with Crippen molar-refractivity contribution in [1.82, 2.24) is 41.1 Å². The van der Waals surface area contributed by atoms with Crippen molar-refractivity contribution in [3.05, 3.63) is 71.2 Å². The quantitative estimate of drug-likeness (QED) is 0.252. The summed E-state index contributed by atoms with van der Waals surface area (Å²) in [6, 6.07) is 15.7. The summed E-state index contributed by atoms with van der Waals surface area (Å²) >= 11 is 0. The van der Waals surface area contributed by atoms with Gasteiger partial charge in [-0.15, -0.1) is 10.2 Å². The van der Waals surface area contributed by atoms with Gasteiger partial charge in [-0.1, -0.05) is 42.5 Å². The molecule has 0 atom stereocenters. The summed E-state index contributed by atoms with van der Waals surface area (Å²) in [5.74, 6) is -0.887. The van der Waals surface area contributed by atoms with Crippen molar-refractivity contribution in [2.75, 3.05) is 26.2 Å². The molecular formula is C28H32N8O3. The summed E-state index contributed by atoms with van der Waals surface area (Å²) in [5.41, 5.74) is 1.84. The largest absolute Gasteiger partial charge is 0.354 e. The first kappa shape index (κ1) is 26.2. The zero-order valence-electron chi connectivity index (χ0n) is 22.1. The Morgan fingerprint density at radius 3 is 2.54 bits per heavy atom. The van der Waals surface area contributed by atoms with Crippen LogP contribution in [0.1, 0.15) is 40.3 Å². The van der Waals surface area contributed by atoms with Crippen LogP contribution in [0, 0.1) is 13.8 Å². The standard InChI is InChI=1S/C28H32N8O3/c1-18-16-23-33-34-25(19(2)36(23)35-18)26(38)32-28(10-12-29-13-11-28)27(39)31-15-14-30-24(37)17-21-8-5-7-20-6-3-4-9-22(20)21/h3-9,16,29H,10-15,17H2,1-2H3,(H,30,37)(H,31,39)(H,32,38). The van der Waals surface area contributed by atoms with Crippen LogP contribution in [0.5, 0.6) is 0 Å². The van der Waals surface area contributed by atoms with E-state index in [4.69, 9.17) is 0 Å². The Hall–Kier alpha value is -4.38. The number of nitrogens with zero attached hydrogens (tertiary/aromatic N) is 4. The van der Waals surface area contributed by atoms with Crippen LogP contribution < -0.4 is 21.3 Å². The van der Waals surface area contributed by atoms with Crippen LogP contribution in [0.2, 0.25) is 0 Å². The number of fused-ring (bicyclic) bond motifs is 2. The monoisotopic (exact) mass is 528 g/mol. The van der Waals surface area contributed by atoms with Crippen LogP contribution in [-0.4, -0.2) is 69.3 Å². The van der Waals surface area contributed by atoms with Gasteiger partial charge in [-0.25, -0.2) is 4.52 Å². The second kappa shape index (κ2) is 11.2. The van der Waals surface area contributed by atoms with Crippen LogP contribution in [0.25, 0.3) is 16.4 Å². The van der Waals surface area contributed by atoms with Gasteiger partial charge in [0.15, 0.2) is 11.3 Å². The molecule has 1 aliphatic heterocycles. The molecule has 3 amide bonds. The molecule has 0 bridgehead atoms. The number of carbonyl (C=O) groups excluding carboxylic acids is 3. The zero-order chi connectivity index (χ0) is 27.4. The average molecular weight is 529 g/mol. The van der Waals surface area contributed by atoms with Crippen LogP contribution in [0.4, 0.5) is 0 Å². The van der Waals surface area contributed by atoms with Crippen molar-refractivity contribution < 1.29 is 14.4 Å². The number of hydrogen-bond acceptors (Lipinski definition) is 7. The first-order valence-corrected chi connectivity index (χ1v) is 13.1. The maximum absolute atomic E-state index is 13.3. The smallest absolute Gasteiger partial charge is 0.274 e. The third-order valence-electron chi connectivity index (χ3n) is 7.15. The van der Waals surface area contributed by atoms with E-state index in [0.29, 0.717) is 37.3 Å². The molecule has 4 aromatic rings. The minimum atomic E-state index is -1.10. The second-order valence-electron chi connectivity index (χ2n) is 9.90. The van der Waals surface area contributed by atoms with E-state index in [1.54, 1.807) is 17.5 Å². The SMILES string of the molecule is Cc1cc2nnc(C(=O)NC3(C(=O)NCCNC(=O)Cc4cccc5ccccc45)CCNCC3)c(C)n2n1. The highest BCUT2D eigenvalue weighted by Gasteiger charge is 2.41. The van der Waals surface area contributed by atoms with Crippen LogP contribution in [0.15, 0.2) is 48.5 Å². The lowest BCUT2D eigenvalue weighted by molar-refractivity contribution is -0.128. The molecule has 4 N–H and O–H groups in total. The van der Waals surface area contributed by atoms with E-state index in [0.717, 1.165) is 22.0 Å². The Balaban J connectivity index is 1.19. The number of aromatic nitrogens is 4. The lowest BCUT2D eigenvalue weighted by atomic mass is 9.87. The Bertz CT molecular complexity index is 1540. The molecule has 1 aliphatic rings. The van der Waals surface area contributed by atoms with Gasteiger partial charge in [0.25, 0.3) is 5.91 Å². The third kappa shape index (κ3) is 5.58. The number of rotatable bonds is 8. The Morgan fingerprint density at radius 2 is 1.72 bits per heavy atom. The second-order valence-corrected chi connectivity index (χ2v) is 9.90. The molecule has 2 aromatic heterocycles. The molecule has 3 heterocycles. The molecule has 39 heavy (non-hydrogen) atoms. The normalized spacial score (nSPS) is 14.7. The number of hydrogen-bond donors (Lipinski definition) is 4. The minimum Gasteiger partial charge on any atom is -0.354 e. The fourth-order valence-corrected chi connectivity index (χ4v) is 5.06. The highest BCUT2D eigenvalue weighted by Crippen LogP contribution is 2.21. The minimum absolute atomic E-state index is 0.121. The fraction of sp³-hybridized carbons (Fsp3) is 0.357. The van der Waals surface area contributed by atoms with E-state index in [1.807, 2.05) is 49.4 Å². The van der Waals surface area contributed by atoms with E-state index in [-0.39, 0.29) is 37.0 Å². The predicted octanol–water partition coefficient (Wildman–Crippen LogP) is 1.22. The molecule has 0 unspecified atom stereocenters. The van der Waals surface area contributed by atoms with E-state index in [1.165, 1.54) is 0 Å². The maximum atomic E-state index is 13.3. The van der Waals surface area contributed by atoms with Gasteiger partial charge in [0.05, 0.1) is 17.8 Å². The van der Waals surface area contributed by atoms with Crippen molar-refractivity contribution in [2.45, 2.75) is 38.6 Å². The number of carbonyl (C=O) groups is 3. The summed E-state index contributed by atoms with van der Waals surface area (Å²) in [6.07, 6.45) is 1.10. The summed E-state index contributed by atoms with van der Waals surface area (Å²) in [5, 5.41) is 26.7. The first-order chi connectivity index (χ1) is 18.9. The van der Waals surface area contributed by atoms with Gasteiger partial charge in [0.2, 0.25) is 11.8 Å². The molecule has 0 aliphatic carbocycles. The summed E-state index contributed by atoms with van der Waals surface area (Å²) in [7, 11) is 0. The number of nitrogens with one attached hydrogen (secondary N) is 4. The van der Waals surface area contributed by atoms with E-state index in [9.17, 15) is 14.4 Å². The fourth-order valence-electron chi connectivity index (χ4n) is 5.06. The molecular weight excluding hydrogens is 496 g/mol. The molecule has 202 valence electrons. The predicted molar refractivity (Wildman–Crippen MR) is 146 cm³/mol. The number of benzene rings is 2. The van der Waals surface area contributed by atoms with Gasteiger partial charge >= 0.3 is 0 Å². The number of amides is 3. The van der Waals surface area contributed by atoms with Crippen molar-refractivity contribution in [3.63, 3.8) is 0 Å². The van der Waals surface area contributed by atoms with Crippen molar-refractivity contribution in [3.8, 4) is 0 Å². The van der Waals surface area contributed by atoms with Gasteiger partial charge in [0.1, 0.15) is 5.54 Å². The summed E-state index contributed by atoms with van der Waals surface area (Å²) < 4.78 is 1.58. The molecule has 11 nitrogen and oxygen atoms in total. The lowest BCUT2D eigenvalue weighted by Gasteiger charge is -2.36. The molecule has 0 radical (unpaired) electrons. The van der Waals surface area contributed by atoms with Gasteiger partial charge < -0.3 is 21.3 Å². The van der Waals surface area contributed by atoms with Gasteiger partial charge in [0, 0.05) is 19.2 Å². The van der Waals surface area contributed by atoms with Crippen LogP contribution in [-0.2, 0) is 16.0 Å². The highest BCUT2D eigenvalue weighted by atomic mass is 16.2. The van der Waals surface area contributed by atoms with Gasteiger partial charge in [-0.05, 0) is 56.1 Å². The Kier molecular flexibility index (Phi) is 7.51.